The normalized spacial score (nSPS) is 19.1. The maximum absolute atomic E-state index is 5.77. The van der Waals surface area contributed by atoms with E-state index in [-0.39, 0.29) is 0 Å². The smallest absolute Gasteiger partial charge is 0.154 e. The molecule has 1 aliphatic carbocycles. The van der Waals surface area contributed by atoms with Gasteiger partial charge in [-0.25, -0.2) is 4.98 Å². The number of rotatable bonds is 5. The molecule has 0 radical (unpaired) electrons. The first kappa shape index (κ1) is 13.5. The summed E-state index contributed by atoms with van der Waals surface area (Å²) in [6, 6.07) is 0. The van der Waals surface area contributed by atoms with Gasteiger partial charge < -0.3 is 5.73 Å². The molecule has 2 N–H and O–H groups in total. The predicted molar refractivity (Wildman–Crippen MR) is 73.4 cm³/mol. The van der Waals surface area contributed by atoms with Crippen molar-refractivity contribution >= 4 is 0 Å². The predicted octanol–water partition coefficient (Wildman–Crippen LogP) is 2.39. The maximum Gasteiger partial charge on any atom is 0.154 e. The fourth-order valence-electron chi connectivity index (χ4n) is 2.80. The van der Waals surface area contributed by atoms with Crippen molar-refractivity contribution in [1.29, 1.82) is 0 Å². The van der Waals surface area contributed by atoms with Crippen molar-refractivity contribution in [2.75, 3.05) is 6.54 Å². The zero-order chi connectivity index (χ0) is 13.0. The van der Waals surface area contributed by atoms with Gasteiger partial charge in [-0.05, 0) is 25.3 Å². The molecule has 18 heavy (non-hydrogen) atoms. The van der Waals surface area contributed by atoms with Crippen molar-refractivity contribution in [3.8, 4) is 0 Å². The summed E-state index contributed by atoms with van der Waals surface area (Å²) >= 11 is 0. The Morgan fingerprint density at radius 3 is 2.67 bits per heavy atom. The van der Waals surface area contributed by atoms with E-state index in [1.807, 2.05) is 11.7 Å². The lowest BCUT2D eigenvalue weighted by Crippen LogP contribution is -2.18. The second kappa shape index (κ2) is 6.32. The standard InChI is InChI=1S/C14H26N4/c1-3-11(10-15)9-13-16-14(17-18(13)2)12-7-5-4-6-8-12/h11-12H,3-10,15H2,1-2H3. The van der Waals surface area contributed by atoms with Gasteiger partial charge in [0.1, 0.15) is 5.82 Å². The minimum atomic E-state index is 0.534. The van der Waals surface area contributed by atoms with E-state index in [0.717, 1.165) is 31.0 Å². The highest BCUT2D eigenvalue weighted by molar-refractivity contribution is 5.01. The van der Waals surface area contributed by atoms with E-state index in [0.29, 0.717) is 11.8 Å². The Morgan fingerprint density at radius 1 is 1.33 bits per heavy atom. The Labute approximate surface area is 110 Å². The Hall–Kier alpha value is -0.900. The van der Waals surface area contributed by atoms with Gasteiger partial charge in [-0.1, -0.05) is 32.6 Å². The average molecular weight is 250 g/mol. The number of hydrogen-bond donors (Lipinski definition) is 1. The van der Waals surface area contributed by atoms with Crippen LogP contribution in [0.25, 0.3) is 0 Å². The SMILES string of the molecule is CCC(CN)Cc1nc(C2CCCCC2)nn1C. The van der Waals surface area contributed by atoms with E-state index in [1.54, 1.807) is 0 Å². The molecule has 0 bridgehead atoms. The van der Waals surface area contributed by atoms with Crippen molar-refractivity contribution in [1.82, 2.24) is 14.8 Å². The minimum absolute atomic E-state index is 0.534. The van der Waals surface area contributed by atoms with E-state index >= 15 is 0 Å². The molecule has 0 aromatic carbocycles. The van der Waals surface area contributed by atoms with Gasteiger partial charge in [-0.3, -0.25) is 4.68 Å². The summed E-state index contributed by atoms with van der Waals surface area (Å²) in [5, 5.41) is 4.62. The minimum Gasteiger partial charge on any atom is -0.330 e. The largest absolute Gasteiger partial charge is 0.330 e. The van der Waals surface area contributed by atoms with Gasteiger partial charge in [-0.15, -0.1) is 0 Å². The molecule has 4 nitrogen and oxygen atoms in total. The molecule has 4 heteroatoms. The fourth-order valence-corrected chi connectivity index (χ4v) is 2.80. The van der Waals surface area contributed by atoms with Gasteiger partial charge in [0.05, 0.1) is 0 Å². The maximum atomic E-state index is 5.77. The second-order valence-electron chi connectivity index (χ2n) is 5.56. The van der Waals surface area contributed by atoms with Crippen LogP contribution in [0.5, 0.6) is 0 Å². The van der Waals surface area contributed by atoms with E-state index in [4.69, 9.17) is 10.7 Å². The number of aromatic nitrogens is 3. The zero-order valence-electron chi connectivity index (χ0n) is 11.7. The third-order valence-corrected chi connectivity index (χ3v) is 4.22. The molecular formula is C14H26N4. The van der Waals surface area contributed by atoms with E-state index in [2.05, 4.69) is 12.0 Å². The topological polar surface area (TPSA) is 56.7 Å². The number of aryl methyl sites for hydroxylation is 1. The van der Waals surface area contributed by atoms with Crippen LogP contribution in [0, 0.1) is 5.92 Å². The lowest BCUT2D eigenvalue weighted by Gasteiger charge is -2.18. The summed E-state index contributed by atoms with van der Waals surface area (Å²) in [5.74, 6) is 3.30. The molecule has 2 rings (SSSR count). The van der Waals surface area contributed by atoms with Crippen LogP contribution in [-0.4, -0.2) is 21.3 Å². The van der Waals surface area contributed by atoms with E-state index in [1.165, 1.54) is 32.1 Å². The Bertz CT molecular complexity index is 362. The summed E-state index contributed by atoms with van der Waals surface area (Å²) in [6.45, 7) is 2.93. The lowest BCUT2D eigenvalue weighted by molar-refractivity contribution is 0.427. The molecule has 1 heterocycles. The van der Waals surface area contributed by atoms with Crippen molar-refractivity contribution < 1.29 is 0 Å². The molecule has 1 atom stereocenters. The highest BCUT2D eigenvalue weighted by atomic mass is 15.3. The first-order chi connectivity index (χ1) is 8.74. The summed E-state index contributed by atoms with van der Waals surface area (Å²) < 4.78 is 1.96. The van der Waals surface area contributed by atoms with Crippen molar-refractivity contribution in [2.45, 2.75) is 57.8 Å². The number of nitrogens with zero attached hydrogens (tertiary/aromatic N) is 3. The molecule has 1 fully saturated rings. The molecule has 0 spiro atoms. The van der Waals surface area contributed by atoms with E-state index < -0.39 is 0 Å². The van der Waals surface area contributed by atoms with Gasteiger partial charge >= 0.3 is 0 Å². The van der Waals surface area contributed by atoms with Crippen LogP contribution in [0.2, 0.25) is 0 Å². The van der Waals surface area contributed by atoms with E-state index in [9.17, 15) is 0 Å². The first-order valence-corrected chi connectivity index (χ1v) is 7.34. The molecule has 1 aliphatic rings. The van der Waals surface area contributed by atoms with Crippen LogP contribution in [0.4, 0.5) is 0 Å². The van der Waals surface area contributed by atoms with Crippen LogP contribution in [0.1, 0.15) is 63.0 Å². The molecule has 0 aliphatic heterocycles. The molecule has 102 valence electrons. The van der Waals surface area contributed by atoms with Crippen molar-refractivity contribution in [2.24, 2.45) is 18.7 Å². The molecule has 1 aromatic heterocycles. The van der Waals surface area contributed by atoms with Crippen LogP contribution >= 0.6 is 0 Å². The molecule has 1 saturated carbocycles. The van der Waals surface area contributed by atoms with Gasteiger partial charge in [0.2, 0.25) is 0 Å². The summed E-state index contributed by atoms with van der Waals surface area (Å²) in [6.07, 6.45) is 8.64. The summed E-state index contributed by atoms with van der Waals surface area (Å²) in [5.41, 5.74) is 5.77. The quantitative estimate of drug-likeness (QED) is 0.873. The third kappa shape index (κ3) is 3.10. The number of hydrogen-bond acceptors (Lipinski definition) is 3. The molecular weight excluding hydrogens is 224 g/mol. The Morgan fingerprint density at radius 2 is 2.06 bits per heavy atom. The van der Waals surface area contributed by atoms with Gasteiger partial charge in [0, 0.05) is 19.4 Å². The highest BCUT2D eigenvalue weighted by Gasteiger charge is 2.21. The second-order valence-corrected chi connectivity index (χ2v) is 5.56. The third-order valence-electron chi connectivity index (χ3n) is 4.22. The monoisotopic (exact) mass is 250 g/mol. The molecule has 0 saturated heterocycles. The Kier molecular flexibility index (Phi) is 4.75. The molecule has 1 aromatic rings. The fraction of sp³-hybridized carbons (Fsp3) is 0.857. The van der Waals surface area contributed by atoms with Crippen molar-refractivity contribution in [3.63, 3.8) is 0 Å². The summed E-state index contributed by atoms with van der Waals surface area (Å²) in [7, 11) is 2.01. The Balaban J connectivity index is 2.05. The van der Waals surface area contributed by atoms with Crippen LogP contribution in [0.15, 0.2) is 0 Å². The average Bonchev–Trinajstić information content (AvgIpc) is 2.78. The molecule has 0 amide bonds. The lowest BCUT2D eigenvalue weighted by atomic mass is 9.89. The van der Waals surface area contributed by atoms with Gasteiger partial charge in [0.25, 0.3) is 0 Å². The van der Waals surface area contributed by atoms with Gasteiger partial charge in [-0.2, -0.15) is 5.10 Å². The zero-order valence-corrected chi connectivity index (χ0v) is 11.7. The van der Waals surface area contributed by atoms with Crippen LogP contribution < -0.4 is 5.73 Å². The molecule has 1 unspecified atom stereocenters. The first-order valence-electron chi connectivity index (χ1n) is 7.34. The van der Waals surface area contributed by atoms with Gasteiger partial charge in [0.15, 0.2) is 5.82 Å². The van der Waals surface area contributed by atoms with Crippen molar-refractivity contribution in [3.05, 3.63) is 11.6 Å². The van der Waals surface area contributed by atoms with Crippen LogP contribution in [0.3, 0.4) is 0 Å². The highest BCUT2D eigenvalue weighted by Crippen LogP contribution is 2.30. The van der Waals surface area contributed by atoms with Crippen LogP contribution in [-0.2, 0) is 13.5 Å². The number of nitrogens with two attached hydrogens (primary N) is 1. The summed E-state index contributed by atoms with van der Waals surface area (Å²) in [4.78, 5) is 4.77.